The Bertz CT molecular complexity index is 396. The summed E-state index contributed by atoms with van der Waals surface area (Å²) in [6.45, 7) is 5.76. The Morgan fingerprint density at radius 2 is 2.47 bits per heavy atom. The topological polar surface area (TPSA) is 72.9 Å². The van der Waals surface area contributed by atoms with Gasteiger partial charge in [-0.25, -0.2) is 0 Å². The number of carbonyl (C=O) groups excluding carboxylic acids is 1. The van der Waals surface area contributed by atoms with Crippen molar-refractivity contribution in [1.29, 1.82) is 0 Å². The molecule has 0 saturated carbocycles. The first-order valence-electron chi connectivity index (χ1n) is 5.28. The number of nitrogens with two attached hydrogens (primary N) is 1. The third-order valence-corrected chi connectivity index (χ3v) is 2.88. The number of rotatable bonds is 2. The lowest BCUT2D eigenvalue weighted by molar-refractivity contribution is 0.0993. The van der Waals surface area contributed by atoms with Crippen LogP contribution in [0, 0.1) is 0 Å². The van der Waals surface area contributed by atoms with Crippen LogP contribution in [0.1, 0.15) is 41.6 Å². The summed E-state index contributed by atoms with van der Waals surface area (Å²) in [4.78, 5) is 11.3. The van der Waals surface area contributed by atoms with E-state index in [4.69, 9.17) is 5.73 Å². The average Bonchev–Trinajstić information content (AvgIpc) is 2.58. The molecule has 82 valence electrons. The maximum atomic E-state index is 11.3. The first kappa shape index (κ1) is 10.2. The lowest BCUT2D eigenvalue weighted by atomic mass is 9.99. The molecule has 0 saturated heterocycles. The number of hydrogen-bond donors (Lipinski definition) is 2. The Balaban J connectivity index is 2.58. The zero-order chi connectivity index (χ0) is 11.0. The molecule has 5 nitrogen and oxygen atoms in total. The molecule has 3 N–H and O–H groups in total. The molecule has 1 aliphatic rings. The molecule has 0 aliphatic carbocycles. The van der Waals surface area contributed by atoms with Crippen molar-refractivity contribution in [3.8, 4) is 0 Å². The minimum atomic E-state index is -0.436. The van der Waals surface area contributed by atoms with Gasteiger partial charge in [-0.3, -0.25) is 9.48 Å². The maximum absolute atomic E-state index is 11.3. The van der Waals surface area contributed by atoms with Crippen molar-refractivity contribution in [2.75, 3.05) is 6.54 Å². The molecule has 0 spiro atoms. The second-order valence-electron chi connectivity index (χ2n) is 3.81. The van der Waals surface area contributed by atoms with E-state index >= 15 is 0 Å². The standard InChI is InChI=1S/C10H16N4O/c1-3-14-7-4-5-12-6(2)8(7)9(13-14)10(11)15/h6,12H,3-5H2,1-2H3,(H2,11,15). The van der Waals surface area contributed by atoms with E-state index in [2.05, 4.69) is 10.4 Å². The average molecular weight is 208 g/mol. The monoisotopic (exact) mass is 208 g/mol. The molecule has 1 atom stereocenters. The highest BCUT2D eigenvalue weighted by atomic mass is 16.1. The highest BCUT2D eigenvalue weighted by Crippen LogP contribution is 2.25. The fraction of sp³-hybridized carbons (Fsp3) is 0.600. The van der Waals surface area contributed by atoms with Gasteiger partial charge in [0.05, 0.1) is 0 Å². The van der Waals surface area contributed by atoms with Crippen LogP contribution in [0.3, 0.4) is 0 Å². The van der Waals surface area contributed by atoms with Crippen molar-refractivity contribution in [3.05, 3.63) is 17.0 Å². The number of aromatic nitrogens is 2. The van der Waals surface area contributed by atoms with Crippen molar-refractivity contribution < 1.29 is 4.79 Å². The predicted octanol–water partition coefficient (Wildman–Crippen LogP) is 0.209. The van der Waals surface area contributed by atoms with Crippen LogP contribution in [-0.4, -0.2) is 22.2 Å². The van der Waals surface area contributed by atoms with Gasteiger partial charge >= 0.3 is 0 Å². The van der Waals surface area contributed by atoms with Crippen LogP contribution in [0.5, 0.6) is 0 Å². The molecule has 0 fully saturated rings. The number of amides is 1. The molecule has 1 aromatic rings. The lowest BCUT2D eigenvalue weighted by Crippen LogP contribution is -2.30. The van der Waals surface area contributed by atoms with Crippen molar-refractivity contribution in [3.63, 3.8) is 0 Å². The van der Waals surface area contributed by atoms with Gasteiger partial charge in [-0.2, -0.15) is 5.10 Å². The summed E-state index contributed by atoms with van der Waals surface area (Å²) in [5, 5.41) is 7.57. The summed E-state index contributed by atoms with van der Waals surface area (Å²) >= 11 is 0. The fourth-order valence-corrected chi connectivity index (χ4v) is 2.18. The van der Waals surface area contributed by atoms with Crippen LogP contribution in [0.2, 0.25) is 0 Å². The van der Waals surface area contributed by atoms with Crippen LogP contribution in [0.15, 0.2) is 0 Å². The van der Waals surface area contributed by atoms with Gasteiger partial charge in [0.2, 0.25) is 0 Å². The van der Waals surface area contributed by atoms with E-state index in [9.17, 15) is 4.79 Å². The van der Waals surface area contributed by atoms with Crippen molar-refractivity contribution in [2.45, 2.75) is 32.9 Å². The van der Waals surface area contributed by atoms with Gasteiger partial charge in [0.25, 0.3) is 5.91 Å². The van der Waals surface area contributed by atoms with Crippen LogP contribution in [-0.2, 0) is 13.0 Å². The SMILES string of the molecule is CCn1nc(C(N)=O)c2c1CCNC2C. The van der Waals surface area contributed by atoms with Crippen LogP contribution in [0.25, 0.3) is 0 Å². The van der Waals surface area contributed by atoms with E-state index in [1.165, 1.54) is 0 Å². The molecule has 5 heteroatoms. The van der Waals surface area contributed by atoms with Gasteiger partial charge < -0.3 is 11.1 Å². The molecule has 1 unspecified atom stereocenters. The van der Waals surface area contributed by atoms with Gasteiger partial charge in [-0.05, 0) is 13.8 Å². The fourth-order valence-electron chi connectivity index (χ4n) is 2.18. The van der Waals surface area contributed by atoms with E-state index in [0.29, 0.717) is 5.69 Å². The molecule has 1 aliphatic heterocycles. The highest BCUT2D eigenvalue weighted by molar-refractivity contribution is 5.92. The Morgan fingerprint density at radius 3 is 3.07 bits per heavy atom. The number of hydrogen-bond acceptors (Lipinski definition) is 3. The molecule has 0 aromatic carbocycles. The van der Waals surface area contributed by atoms with E-state index in [0.717, 1.165) is 30.8 Å². The second-order valence-corrected chi connectivity index (χ2v) is 3.81. The minimum Gasteiger partial charge on any atom is -0.364 e. The first-order chi connectivity index (χ1) is 7.15. The van der Waals surface area contributed by atoms with Gasteiger partial charge in [0.1, 0.15) is 0 Å². The normalized spacial score (nSPS) is 20.0. The van der Waals surface area contributed by atoms with Gasteiger partial charge in [-0.15, -0.1) is 0 Å². The van der Waals surface area contributed by atoms with Crippen molar-refractivity contribution in [1.82, 2.24) is 15.1 Å². The number of nitrogens with zero attached hydrogens (tertiary/aromatic N) is 2. The smallest absolute Gasteiger partial charge is 0.269 e. The molecule has 1 aromatic heterocycles. The zero-order valence-corrected chi connectivity index (χ0v) is 9.08. The molecule has 2 rings (SSSR count). The van der Waals surface area contributed by atoms with Crippen molar-refractivity contribution in [2.24, 2.45) is 5.73 Å². The lowest BCUT2D eigenvalue weighted by Gasteiger charge is -2.21. The van der Waals surface area contributed by atoms with Gasteiger partial charge in [-0.1, -0.05) is 0 Å². The zero-order valence-electron chi connectivity index (χ0n) is 9.08. The van der Waals surface area contributed by atoms with E-state index in [-0.39, 0.29) is 6.04 Å². The van der Waals surface area contributed by atoms with Gasteiger partial charge in [0.15, 0.2) is 5.69 Å². The summed E-state index contributed by atoms with van der Waals surface area (Å²) in [5.41, 5.74) is 7.88. The molecule has 15 heavy (non-hydrogen) atoms. The summed E-state index contributed by atoms with van der Waals surface area (Å²) < 4.78 is 1.88. The summed E-state index contributed by atoms with van der Waals surface area (Å²) in [7, 11) is 0. The van der Waals surface area contributed by atoms with E-state index < -0.39 is 5.91 Å². The molecular weight excluding hydrogens is 192 g/mol. The Hall–Kier alpha value is -1.36. The Kier molecular flexibility index (Phi) is 2.48. The number of nitrogens with one attached hydrogen (secondary N) is 1. The molecule has 0 bridgehead atoms. The molecular formula is C10H16N4O. The minimum absolute atomic E-state index is 0.163. The number of aryl methyl sites for hydroxylation is 1. The number of carbonyl (C=O) groups is 1. The second kappa shape index (κ2) is 3.66. The number of primary amides is 1. The predicted molar refractivity (Wildman–Crippen MR) is 56.5 cm³/mol. The molecule has 1 amide bonds. The molecule has 2 heterocycles. The summed E-state index contributed by atoms with van der Waals surface area (Å²) in [5.74, 6) is -0.436. The molecule has 0 radical (unpaired) electrons. The summed E-state index contributed by atoms with van der Waals surface area (Å²) in [6, 6.07) is 0.163. The van der Waals surface area contributed by atoms with E-state index in [1.54, 1.807) is 0 Å². The quantitative estimate of drug-likeness (QED) is 0.729. The Labute approximate surface area is 88.6 Å². The first-order valence-corrected chi connectivity index (χ1v) is 5.28. The summed E-state index contributed by atoms with van der Waals surface area (Å²) in [6.07, 6.45) is 0.911. The third-order valence-electron chi connectivity index (χ3n) is 2.88. The van der Waals surface area contributed by atoms with Crippen LogP contribution >= 0.6 is 0 Å². The maximum Gasteiger partial charge on any atom is 0.269 e. The largest absolute Gasteiger partial charge is 0.364 e. The van der Waals surface area contributed by atoms with Crippen LogP contribution < -0.4 is 11.1 Å². The Morgan fingerprint density at radius 1 is 1.73 bits per heavy atom. The van der Waals surface area contributed by atoms with Crippen molar-refractivity contribution >= 4 is 5.91 Å². The van der Waals surface area contributed by atoms with Gasteiger partial charge in [0, 0.05) is 36.8 Å². The number of fused-ring (bicyclic) bond motifs is 1. The third kappa shape index (κ3) is 1.52. The highest BCUT2D eigenvalue weighted by Gasteiger charge is 2.27. The van der Waals surface area contributed by atoms with E-state index in [1.807, 2.05) is 18.5 Å². The van der Waals surface area contributed by atoms with Crippen LogP contribution in [0.4, 0.5) is 0 Å².